The van der Waals surface area contributed by atoms with E-state index in [2.05, 4.69) is 4.98 Å². The fraction of sp³-hybridized carbons (Fsp3) is 0.111. The third-order valence-electron chi connectivity index (χ3n) is 3.41. The molecule has 0 fully saturated rings. The Bertz CT molecular complexity index is 862. The second-order valence-electron chi connectivity index (χ2n) is 5.02. The Balaban J connectivity index is 2.05. The number of para-hydroxylation sites is 1. The van der Waals surface area contributed by atoms with Crippen LogP contribution in [0, 0.1) is 0 Å². The number of fused-ring (bicyclic) bond motifs is 1. The van der Waals surface area contributed by atoms with Crippen LogP contribution in [0.2, 0.25) is 0 Å². The Morgan fingerprint density at radius 1 is 1.13 bits per heavy atom. The maximum Gasteiger partial charge on any atom is 0.255 e. The van der Waals surface area contributed by atoms with E-state index in [1.54, 1.807) is 13.2 Å². The predicted octanol–water partition coefficient (Wildman–Crippen LogP) is 2.77. The first kappa shape index (κ1) is 14.8. The van der Waals surface area contributed by atoms with Gasteiger partial charge in [-0.25, -0.2) is 4.98 Å². The average Bonchev–Trinajstić information content (AvgIpc) is 2.59. The highest BCUT2D eigenvalue weighted by Gasteiger charge is 2.10. The highest BCUT2D eigenvalue weighted by molar-refractivity contribution is 5.86. The molecular formula is C18H16N2O3. The summed E-state index contributed by atoms with van der Waals surface area (Å²) in [5.74, 6) is 0.590. The number of amides is 1. The van der Waals surface area contributed by atoms with Crippen LogP contribution < -0.4 is 15.2 Å². The highest BCUT2D eigenvalue weighted by atomic mass is 16.5. The standard InChI is InChI=1S/C18H16N2O3/c1-22-18-15(10-13-5-2-3-8-16(13)20-18)12-6-4-7-14(9-12)23-11-17(19)21/h2-10H,11H2,1H3,(H2,19,21). The smallest absolute Gasteiger partial charge is 0.255 e. The van der Waals surface area contributed by atoms with Gasteiger partial charge >= 0.3 is 0 Å². The first-order valence-corrected chi connectivity index (χ1v) is 7.12. The number of benzene rings is 2. The number of nitrogens with two attached hydrogens (primary N) is 1. The van der Waals surface area contributed by atoms with E-state index in [1.165, 1.54) is 0 Å². The fourth-order valence-electron chi connectivity index (χ4n) is 2.37. The van der Waals surface area contributed by atoms with Gasteiger partial charge in [-0.3, -0.25) is 4.79 Å². The normalized spacial score (nSPS) is 10.5. The molecule has 0 saturated carbocycles. The minimum atomic E-state index is -0.514. The number of methoxy groups -OCH3 is 1. The zero-order valence-corrected chi connectivity index (χ0v) is 12.7. The Labute approximate surface area is 133 Å². The number of ether oxygens (including phenoxy) is 2. The molecule has 0 spiro atoms. The quantitative estimate of drug-likeness (QED) is 0.786. The van der Waals surface area contributed by atoms with Crippen molar-refractivity contribution in [2.45, 2.75) is 0 Å². The summed E-state index contributed by atoms with van der Waals surface area (Å²) in [6.45, 7) is -0.156. The third-order valence-corrected chi connectivity index (χ3v) is 3.41. The molecule has 2 N–H and O–H groups in total. The molecule has 0 unspecified atom stereocenters. The first-order valence-electron chi connectivity index (χ1n) is 7.12. The summed E-state index contributed by atoms with van der Waals surface area (Å²) in [5, 5.41) is 1.02. The van der Waals surface area contributed by atoms with Crippen LogP contribution >= 0.6 is 0 Å². The minimum Gasteiger partial charge on any atom is -0.484 e. The number of hydrogen-bond donors (Lipinski definition) is 1. The van der Waals surface area contributed by atoms with E-state index >= 15 is 0 Å². The van der Waals surface area contributed by atoms with Crippen molar-refractivity contribution >= 4 is 16.8 Å². The molecule has 23 heavy (non-hydrogen) atoms. The number of nitrogens with zero attached hydrogens (tertiary/aromatic N) is 1. The van der Waals surface area contributed by atoms with Crippen LogP contribution in [-0.4, -0.2) is 24.6 Å². The van der Waals surface area contributed by atoms with E-state index < -0.39 is 5.91 Å². The van der Waals surface area contributed by atoms with Gasteiger partial charge in [-0.05, 0) is 29.8 Å². The Morgan fingerprint density at radius 3 is 2.74 bits per heavy atom. The molecule has 0 bridgehead atoms. The number of primary amides is 1. The molecule has 1 aromatic heterocycles. The minimum absolute atomic E-state index is 0.156. The van der Waals surface area contributed by atoms with Gasteiger partial charge in [0.25, 0.3) is 5.91 Å². The maximum atomic E-state index is 10.8. The van der Waals surface area contributed by atoms with Gasteiger partial charge in [0, 0.05) is 10.9 Å². The van der Waals surface area contributed by atoms with Crippen molar-refractivity contribution < 1.29 is 14.3 Å². The van der Waals surface area contributed by atoms with Gasteiger partial charge in [-0.15, -0.1) is 0 Å². The number of rotatable bonds is 5. The number of pyridine rings is 1. The van der Waals surface area contributed by atoms with Crippen LogP contribution in [-0.2, 0) is 4.79 Å². The van der Waals surface area contributed by atoms with E-state index in [1.807, 2.05) is 48.5 Å². The average molecular weight is 308 g/mol. The lowest BCUT2D eigenvalue weighted by molar-refractivity contribution is -0.119. The lowest BCUT2D eigenvalue weighted by atomic mass is 10.0. The van der Waals surface area contributed by atoms with E-state index in [0.29, 0.717) is 11.6 Å². The van der Waals surface area contributed by atoms with Crippen LogP contribution in [0.5, 0.6) is 11.6 Å². The fourth-order valence-corrected chi connectivity index (χ4v) is 2.37. The maximum absolute atomic E-state index is 10.8. The molecular weight excluding hydrogens is 292 g/mol. The number of carbonyl (C=O) groups excluding carboxylic acids is 1. The van der Waals surface area contributed by atoms with Gasteiger partial charge in [0.1, 0.15) is 5.75 Å². The van der Waals surface area contributed by atoms with Crippen molar-refractivity contribution in [1.29, 1.82) is 0 Å². The van der Waals surface area contributed by atoms with Crippen molar-refractivity contribution in [1.82, 2.24) is 4.98 Å². The zero-order chi connectivity index (χ0) is 16.2. The molecule has 0 saturated heterocycles. The molecule has 1 amide bonds. The predicted molar refractivity (Wildman–Crippen MR) is 88.4 cm³/mol. The lowest BCUT2D eigenvalue weighted by Crippen LogP contribution is -2.19. The van der Waals surface area contributed by atoms with Crippen LogP contribution in [0.4, 0.5) is 0 Å². The molecule has 0 aliphatic carbocycles. The molecule has 0 atom stereocenters. The first-order chi connectivity index (χ1) is 11.2. The highest BCUT2D eigenvalue weighted by Crippen LogP contribution is 2.33. The zero-order valence-electron chi connectivity index (χ0n) is 12.7. The number of aromatic nitrogens is 1. The van der Waals surface area contributed by atoms with Crippen LogP contribution in [0.15, 0.2) is 54.6 Å². The second kappa shape index (κ2) is 6.36. The van der Waals surface area contributed by atoms with E-state index in [-0.39, 0.29) is 6.61 Å². The molecule has 2 aromatic carbocycles. The summed E-state index contributed by atoms with van der Waals surface area (Å²) in [7, 11) is 1.59. The van der Waals surface area contributed by atoms with E-state index in [0.717, 1.165) is 22.0 Å². The second-order valence-corrected chi connectivity index (χ2v) is 5.02. The number of carbonyl (C=O) groups is 1. The molecule has 1 heterocycles. The molecule has 0 aliphatic heterocycles. The largest absolute Gasteiger partial charge is 0.484 e. The van der Waals surface area contributed by atoms with Crippen LogP contribution in [0.3, 0.4) is 0 Å². The summed E-state index contributed by atoms with van der Waals surface area (Å²) in [6, 6.07) is 17.2. The molecule has 0 radical (unpaired) electrons. The molecule has 0 aliphatic rings. The van der Waals surface area contributed by atoms with Crippen molar-refractivity contribution in [3.05, 3.63) is 54.6 Å². The Hall–Kier alpha value is -3.08. The molecule has 3 rings (SSSR count). The van der Waals surface area contributed by atoms with Crippen molar-refractivity contribution in [2.24, 2.45) is 5.73 Å². The van der Waals surface area contributed by atoms with Crippen molar-refractivity contribution in [2.75, 3.05) is 13.7 Å². The molecule has 5 nitrogen and oxygen atoms in total. The monoisotopic (exact) mass is 308 g/mol. The van der Waals surface area contributed by atoms with Crippen molar-refractivity contribution in [3.63, 3.8) is 0 Å². The summed E-state index contributed by atoms with van der Waals surface area (Å²) in [5.41, 5.74) is 7.72. The van der Waals surface area contributed by atoms with Gasteiger partial charge < -0.3 is 15.2 Å². The summed E-state index contributed by atoms with van der Waals surface area (Å²) in [6.07, 6.45) is 0. The number of hydrogen-bond acceptors (Lipinski definition) is 4. The van der Waals surface area contributed by atoms with Crippen molar-refractivity contribution in [3.8, 4) is 22.8 Å². The summed E-state index contributed by atoms with van der Waals surface area (Å²) >= 11 is 0. The third kappa shape index (κ3) is 3.23. The molecule has 5 heteroatoms. The Morgan fingerprint density at radius 2 is 1.96 bits per heavy atom. The van der Waals surface area contributed by atoms with Gasteiger partial charge in [-0.1, -0.05) is 30.3 Å². The molecule has 3 aromatic rings. The van der Waals surface area contributed by atoms with E-state index in [4.69, 9.17) is 15.2 Å². The summed E-state index contributed by atoms with van der Waals surface area (Å²) < 4.78 is 10.8. The van der Waals surface area contributed by atoms with Gasteiger partial charge in [0.2, 0.25) is 5.88 Å². The summed E-state index contributed by atoms with van der Waals surface area (Å²) in [4.78, 5) is 15.4. The molecule has 116 valence electrons. The topological polar surface area (TPSA) is 74.4 Å². The SMILES string of the molecule is COc1nc2ccccc2cc1-c1cccc(OCC(N)=O)c1. The van der Waals surface area contributed by atoms with Gasteiger partial charge in [0.15, 0.2) is 6.61 Å². The van der Waals surface area contributed by atoms with Gasteiger partial charge in [-0.2, -0.15) is 0 Å². The Kier molecular flexibility index (Phi) is 4.10. The van der Waals surface area contributed by atoms with E-state index in [9.17, 15) is 4.79 Å². The van der Waals surface area contributed by atoms with Crippen LogP contribution in [0.1, 0.15) is 0 Å². The van der Waals surface area contributed by atoms with Crippen LogP contribution in [0.25, 0.3) is 22.0 Å². The lowest BCUT2D eigenvalue weighted by Gasteiger charge is -2.11. The van der Waals surface area contributed by atoms with Gasteiger partial charge in [0.05, 0.1) is 12.6 Å².